The number of thioether (sulfide) groups is 1. The largest absolute Gasteiger partial charge is 0.497 e. The molecule has 4 heteroatoms. The number of rotatable bonds is 3. The monoisotopic (exact) mass is 351 g/mol. The van der Waals surface area contributed by atoms with E-state index < -0.39 is 0 Å². The molecule has 1 aliphatic carbocycles. The van der Waals surface area contributed by atoms with E-state index in [1.54, 1.807) is 18.9 Å². The van der Waals surface area contributed by atoms with Gasteiger partial charge in [0, 0.05) is 29.2 Å². The highest BCUT2D eigenvalue weighted by Gasteiger charge is 2.26. The summed E-state index contributed by atoms with van der Waals surface area (Å²) in [5.74, 6) is 2.75. The molecule has 1 aromatic rings. The first-order valence-corrected chi connectivity index (χ1v) is 9.33. The van der Waals surface area contributed by atoms with Crippen molar-refractivity contribution in [2.24, 2.45) is 0 Å². The van der Waals surface area contributed by atoms with Crippen LogP contribution in [0.1, 0.15) is 20.3 Å². The number of fused-ring (bicyclic) bond motifs is 2. The zero-order valence-corrected chi connectivity index (χ0v) is 15.5. The van der Waals surface area contributed by atoms with Crippen LogP contribution >= 0.6 is 11.8 Å². The Bertz CT molecular complexity index is 874. The van der Waals surface area contributed by atoms with Crippen molar-refractivity contribution in [2.45, 2.75) is 25.2 Å². The number of methoxy groups -OCH3 is 1. The maximum atomic E-state index is 6.13. The third kappa shape index (κ3) is 2.91. The van der Waals surface area contributed by atoms with Crippen molar-refractivity contribution < 1.29 is 9.47 Å². The Morgan fingerprint density at radius 3 is 3.04 bits per heavy atom. The predicted octanol–water partition coefficient (Wildman–Crippen LogP) is 5.54. The smallest absolute Gasteiger partial charge is 0.131 e. The SMILES string of the molecule is CCN1C(=CC2=CC(C)=C3CC=CC=C3O2)Sc2ccc(OC)cc21. The Morgan fingerprint density at radius 2 is 2.24 bits per heavy atom. The van der Waals surface area contributed by atoms with Crippen LogP contribution < -0.4 is 9.64 Å². The lowest BCUT2D eigenvalue weighted by Gasteiger charge is -2.23. The van der Waals surface area contributed by atoms with Gasteiger partial charge in [0.1, 0.15) is 17.3 Å². The maximum absolute atomic E-state index is 6.13. The second-order valence-electron chi connectivity index (χ2n) is 6.14. The van der Waals surface area contributed by atoms with Crippen molar-refractivity contribution >= 4 is 17.4 Å². The molecule has 4 rings (SSSR count). The highest BCUT2D eigenvalue weighted by atomic mass is 32.2. The fourth-order valence-corrected chi connectivity index (χ4v) is 4.43. The van der Waals surface area contributed by atoms with Crippen molar-refractivity contribution in [1.29, 1.82) is 0 Å². The van der Waals surface area contributed by atoms with E-state index in [-0.39, 0.29) is 0 Å². The highest BCUT2D eigenvalue weighted by Crippen LogP contribution is 2.48. The summed E-state index contributed by atoms with van der Waals surface area (Å²) in [6.45, 7) is 5.22. The van der Waals surface area contributed by atoms with Gasteiger partial charge in [-0.1, -0.05) is 23.9 Å². The molecule has 0 saturated heterocycles. The molecular formula is C21H21NO2S. The molecule has 0 amide bonds. The first-order chi connectivity index (χ1) is 12.2. The Balaban J connectivity index is 1.67. The third-order valence-electron chi connectivity index (χ3n) is 4.59. The number of allylic oxidation sites excluding steroid dienone is 7. The van der Waals surface area contributed by atoms with Gasteiger partial charge >= 0.3 is 0 Å². The molecule has 0 saturated carbocycles. The van der Waals surface area contributed by atoms with Crippen molar-refractivity contribution in [1.82, 2.24) is 0 Å². The van der Waals surface area contributed by atoms with E-state index in [0.717, 1.165) is 30.2 Å². The summed E-state index contributed by atoms with van der Waals surface area (Å²) < 4.78 is 11.5. The van der Waals surface area contributed by atoms with Gasteiger partial charge in [0.25, 0.3) is 0 Å². The van der Waals surface area contributed by atoms with Crippen LogP contribution in [0.3, 0.4) is 0 Å². The lowest BCUT2D eigenvalue weighted by Crippen LogP contribution is -2.17. The van der Waals surface area contributed by atoms with Crippen molar-refractivity contribution in [3.05, 3.63) is 76.3 Å². The van der Waals surface area contributed by atoms with Crippen LogP contribution in [0, 0.1) is 0 Å². The Labute approximate surface area is 153 Å². The molecule has 128 valence electrons. The first-order valence-electron chi connectivity index (χ1n) is 8.51. The van der Waals surface area contributed by atoms with Crippen LogP contribution in [0.25, 0.3) is 0 Å². The molecule has 0 bridgehead atoms. The summed E-state index contributed by atoms with van der Waals surface area (Å²) in [7, 11) is 1.70. The van der Waals surface area contributed by atoms with E-state index in [9.17, 15) is 0 Å². The van der Waals surface area contributed by atoms with Gasteiger partial charge in [-0.3, -0.25) is 0 Å². The highest BCUT2D eigenvalue weighted by molar-refractivity contribution is 8.03. The molecule has 1 aromatic carbocycles. The summed E-state index contributed by atoms with van der Waals surface area (Å²) in [5, 5.41) is 1.18. The second kappa shape index (κ2) is 6.52. The van der Waals surface area contributed by atoms with Gasteiger partial charge in [0.2, 0.25) is 0 Å². The van der Waals surface area contributed by atoms with Crippen molar-refractivity contribution in [2.75, 3.05) is 18.6 Å². The lowest BCUT2D eigenvalue weighted by molar-refractivity contribution is 0.321. The molecule has 0 unspecified atom stereocenters. The van der Waals surface area contributed by atoms with E-state index in [4.69, 9.17) is 9.47 Å². The zero-order chi connectivity index (χ0) is 17.4. The summed E-state index contributed by atoms with van der Waals surface area (Å²) >= 11 is 1.77. The van der Waals surface area contributed by atoms with Crippen LogP contribution in [0.5, 0.6) is 5.75 Å². The number of nitrogens with zero attached hydrogens (tertiary/aromatic N) is 1. The van der Waals surface area contributed by atoms with Gasteiger partial charge in [-0.2, -0.15) is 0 Å². The summed E-state index contributed by atoms with van der Waals surface area (Å²) in [5.41, 5.74) is 3.75. The average Bonchev–Trinajstić information content (AvgIpc) is 2.97. The molecule has 3 nitrogen and oxygen atoms in total. The third-order valence-corrected chi connectivity index (χ3v) is 5.70. The van der Waals surface area contributed by atoms with Crippen LogP contribution in [-0.4, -0.2) is 13.7 Å². The predicted molar refractivity (Wildman–Crippen MR) is 104 cm³/mol. The Hall–Kier alpha value is -2.33. The fraction of sp³-hybridized carbons (Fsp3) is 0.238. The molecule has 0 radical (unpaired) electrons. The molecule has 0 atom stereocenters. The Kier molecular flexibility index (Phi) is 4.22. The van der Waals surface area contributed by atoms with E-state index >= 15 is 0 Å². The molecule has 0 spiro atoms. The van der Waals surface area contributed by atoms with Crippen LogP contribution in [-0.2, 0) is 4.74 Å². The van der Waals surface area contributed by atoms with Crippen LogP contribution in [0.2, 0.25) is 0 Å². The molecule has 0 fully saturated rings. The number of benzene rings is 1. The van der Waals surface area contributed by atoms with Gasteiger partial charge in [0.05, 0.1) is 17.8 Å². The van der Waals surface area contributed by atoms with Crippen LogP contribution in [0.4, 0.5) is 5.69 Å². The van der Waals surface area contributed by atoms with Gasteiger partial charge in [0.15, 0.2) is 0 Å². The molecule has 2 heterocycles. The molecule has 2 aliphatic heterocycles. The lowest BCUT2D eigenvalue weighted by atomic mass is 9.98. The van der Waals surface area contributed by atoms with Gasteiger partial charge in [-0.15, -0.1) is 0 Å². The van der Waals surface area contributed by atoms with Gasteiger partial charge in [-0.25, -0.2) is 0 Å². The normalized spacial score (nSPS) is 20.1. The molecular weight excluding hydrogens is 330 g/mol. The topological polar surface area (TPSA) is 21.7 Å². The zero-order valence-electron chi connectivity index (χ0n) is 14.7. The Morgan fingerprint density at radius 1 is 1.36 bits per heavy atom. The summed E-state index contributed by atoms with van der Waals surface area (Å²) in [6.07, 6.45) is 11.5. The number of hydrogen-bond acceptors (Lipinski definition) is 4. The fourth-order valence-electron chi connectivity index (χ4n) is 3.28. The average molecular weight is 351 g/mol. The number of hydrogen-bond donors (Lipinski definition) is 0. The second-order valence-corrected chi connectivity index (χ2v) is 7.20. The van der Waals surface area contributed by atoms with E-state index in [1.165, 1.54) is 26.8 Å². The molecule has 3 aliphatic rings. The maximum Gasteiger partial charge on any atom is 0.131 e. The molecule has 0 aromatic heterocycles. The number of anilines is 1. The van der Waals surface area contributed by atoms with Gasteiger partial charge < -0.3 is 14.4 Å². The van der Waals surface area contributed by atoms with E-state index in [1.807, 2.05) is 12.1 Å². The van der Waals surface area contributed by atoms with Crippen molar-refractivity contribution in [3.8, 4) is 5.75 Å². The summed E-state index contributed by atoms with van der Waals surface area (Å²) in [6, 6.07) is 6.23. The molecule has 25 heavy (non-hydrogen) atoms. The van der Waals surface area contributed by atoms with Crippen molar-refractivity contribution in [3.63, 3.8) is 0 Å². The summed E-state index contributed by atoms with van der Waals surface area (Å²) in [4.78, 5) is 3.55. The van der Waals surface area contributed by atoms with Crippen LogP contribution in [0.15, 0.2) is 81.2 Å². The minimum atomic E-state index is 0.884. The number of ether oxygens (including phenoxy) is 2. The minimum Gasteiger partial charge on any atom is -0.497 e. The van der Waals surface area contributed by atoms with Gasteiger partial charge in [-0.05, 0) is 50.1 Å². The first kappa shape index (κ1) is 16.2. The van der Waals surface area contributed by atoms with E-state index in [2.05, 4.69) is 55.2 Å². The van der Waals surface area contributed by atoms with E-state index in [0.29, 0.717) is 0 Å². The standard InChI is InChI=1S/C21H21NO2S/c1-4-22-18-12-15(23-3)9-10-20(18)25-21(22)13-16-11-14(2)17-7-5-6-8-19(17)24-16/h5-6,8-13H,4,7H2,1-3H3. The quantitative estimate of drug-likeness (QED) is 0.712. The minimum absolute atomic E-state index is 0.884. The molecule has 0 N–H and O–H groups in total.